The number of aromatic nitrogens is 1. The quantitative estimate of drug-likeness (QED) is 0.290. The molecule has 0 atom stereocenters. The number of para-hydroxylation sites is 1. The lowest BCUT2D eigenvalue weighted by Crippen LogP contribution is -2.33. The van der Waals surface area contributed by atoms with Gasteiger partial charge in [-0.25, -0.2) is 13.4 Å². The molecule has 0 radical (unpaired) electrons. The largest absolute Gasteiger partial charge is 0.497 e. The SMILES string of the molecule is COc1ccc2sc(N(CCCN(C)C)C(=O)c3ccc(S(=O)(=O)N(C)c4ccccc4)cc3)nc2c1. The van der Waals surface area contributed by atoms with E-state index in [4.69, 9.17) is 9.72 Å². The van der Waals surface area contributed by atoms with Crippen molar-refractivity contribution in [2.45, 2.75) is 11.3 Å². The number of methoxy groups -OCH3 is 1. The van der Waals surface area contributed by atoms with Crippen LogP contribution in [0.15, 0.2) is 77.7 Å². The Labute approximate surface area is 221 Å². The molecule has 0 spiro atoms. The second-order valence-corrected chi connectivity index (χ2v) is 11.8. The lowest BCUT2D eigenvalue weighted by Gasteiger charge is -2.22. The lowest BCUT2D eigenvalue weighted by atomic mass is 10.2. The fourth-order valence-electron chi connectivity index (χ4n) is 3.83. The van der Waals surface area contributed by atoms with E-state index in [9.17, 15) is 13.2 Å². The van der Waals surface area contributed by atoms with Gasteiger partial charge < -0.3 is 9.64 Å². The fraction of sp³-hybridized carbons (Fsp3) is 0.259. The highest BCUT2D eigenvalue weighted by Crippen LogP contribution is 2.32. The smallest absolute Gasteiger partial charge is 0.264 e. The van der Waals surface area contributed by atoms with E-state index in [1.807, 2.05) is 38.4 Å². The summed E-state index contributed by atoms with van der Waals surface area (Å²) in [6.07, 6.45) is 0.756. The predicted molar refractivity (Wildman–Crippen MR) is 149 cm³/mol. The lowest BCUT2D eigenvalue weighted by molar-refractivity contribution is 0.0986. The van der Waals surface area contributed by atoms with E-state index in [0.29, 0.717) is 28.7 Å². The first kappa shape index (κ1) is 26.6. The topological polar surface area (TPSA) is 83.0 Å². The molecule has 37 heavy (non-hydrogen) atoms. The molecule has 4 rings (SSSR count). The number of anilines is 2. The van der Waals surface area contributed by atoms with Crippen molar-refractivity contribution in [1.82, 2.24) is 9.88 Å². The van der Waals surface area contributed by atoms with Crippen molar-refractivity contribution in [2.24, 2.45) is 0 Å². The molecule has 1 amide bonds. The molecule has 0 saturated carbocycles. The number of thiazole rings is 1. The van der Waals surface area contributed by atoms with Gasteiger partial charge >= 0.3 is 0 Å². The Morgan fingerprint density at radius 2 is 1.65 bits per heavy atom. The molecule has 1 heterocycles. The molecule has 10 heteroatoms. The molecular formula is C27H30N4O4S2. The summed E-state index contributed by atoms with van der Waals surface area (Å²) in [6.45, 7) is 1.29. The van der Waals surface area contributed by atoms with Crippen LogP contribution in [0.1, 0.15) is 16.8 Å². The first-order valence-corrected chi connectivity index (χ1v) is 14.0. The summed E-state index contributed by atoms with van der Waals surface area (Å²) < 4.78 is 33.8. The molecule has 0 N–H and O–H groups in total. The molecule has 0 aliphatic rings. The number of nitrogens with zero attached hydrogens (tertiary/aromatic N) is 4. The normalized spacial score (nSPS) is 11.6. The summed E-state index contributed by atoms with van der Waals surface area (Å²) >= 11 is 1.44. The van der Waals surface area contributed by atoms with Crippen LogP contribution in [0, 0.1) is 0 Å². The summed E-state index contributed by atoms with van der Waals surface area (Å²) in [5.41, 5.74) is 1.71. The molecule has 0 unspecified atom stereocenters. The number of carbonyl (C=O) groups excluding carboxylic acids is 1. The van der Waals surface area contributed by atoms with Crippen molar-refractivity contribution < 1.29 is 17.9 Å². The zero-order valence-corrected chi connectivity index (χ0v) is 22.9. The Balaban J connectivity index is 1.62. The molecule has 0 bridgehead atoms. The number of amides is 1. The van der Waals surface area contributed by atoms with Crippen LogP contribution in [-0.4, -0.2) is 65.6 Å². The van der Waals surface area contributed by atoms with Crippen LogP contribution in [0.4, 0.5) is 10.8 Å². The monoisotopic (exact) mass is 538 g/mol. The van der Waals surface area contributed by atoms with Crippen molar-refractivity contribution in [3.8, 4) is 5.75 Å². The standard InChI is InChI=1S/C27H30N4O4S2/c1-29(2)17-8-18-31(27-28-24-19-22(35-4)13-16-25(24)36-27)26(32)20-11-14-23(15-12-20)37(33,34)30(3)21-9-6-5-7-10-21/h5-7,9-16,19H,8,17-18H2,1-4H3. The highest BCUT2D eigenvalue weighted by Gasteiger charge is 2.24. The van der Waals surface area contributed by atoms with Gasteiger partial charge in [0.15, 0.2) is 5.13 Å². The van der Waals surface area contributed by atoms with E-state index in [2.05, 4.69) is 4.90 Å². The minimum atomic E-state index is -3.77. The van der Waals surface area contributed by atoms with Gasteiger partial charge in [0.2, 0.25) is 0 Å². The van der Waals surface area contributed by atoms with Crippen LogP contribution < -0.4 is 13.9 Å². The van der Waals surface area contributed by atoms with Crippen molar-refractivity contribution in [3.63, 3.8) is 0 Å². The Morgan fingerprint density at radius 3 is 2.30 bits per heavy atom. The molecule has 3 aromatic carbocycles. The first-order chi connectivity index (χ1) is 17.7. The molecule has 0 fully saturated rings. The molecule has 4 aromatic rings. The maximum Gasteiger partial charge on any atom is 0.264 e. The summed E-state index contributed by atoms with van der Waals surface area (Å²) in [5.74, 6) is 0.470. The number of hydrogen-bond donors (Lipinski definition) is 0. The van der Waals surface area contributed by atoms with Gasteiger partial charge in [0.05, 0.1) is 27.9 Å². The number of benzene rings is 3. The van der Waals surface area contributed by atoms with E-state index in [-0.39, 0.29) is 10.8 Å². The first-order valence-electron chi connectivity index (χ1n) is 11.8. The minimum absolute atomic E-state index is 0.113. The van der Waals surface area contributed by atoms with E-state index in [0.717, 1.165) is 23.2 Å². The number of rotatable bonds is 10. The minimum Gasteiger partial charge on any atom is -0.497 e. The van der Waals surface area contributed by atoms with Crippen molar-refractivity contribution in [3.05, 3.63) is 78.4 Å². The van der Waals surface area contributed by atoms with Gasteiger partial charge in [0.1, 0.15) is 5.75 Å². The van der Waals surface area contributed by atoms with Crippen LogP contribution >= 0.6 is 11.3 Å². The Kier molecular flexibility index (Phi) is 8.11. The van der Waals surface area contributed by atoms with Crippen LogP contribution in [-0.2, 0) is 10.0 Å². The molecule has 194 valence electrons. The van der Waals surface area contributed by atoms with Gasteiger partial charge in [0.25, 0.3) is 15.9 Å². The zero-order valence-electron chi connectivity index (χ0n) is 21.3. The molecule has 0 aliphatic heterocycles. The van der Waals surface area contributed by atoms with Gasteiger partial charge in [-0.1, -0.05) is 29.5 Å². The van der Waals surface area contributed by atoms with Crippen LogP contribution in [0.25, 0.3) is 10.2 Å². The maximum absolute atomic E-state index is 13.6. The Hall–Kier alpha value is -3.47. The third-order valence-electron chi connectivity index (χ3n) is 5.93. The van der Waals surface area contributed by atoms with E-state index in [1.54, 1.807) is 48.4 Å². The predicted octanol–water partition coefficient (Wildman–Crippen LogP) is 4.73. The molecule has 0 aliphatic carbocycles. The number of carbonyl (C=O) groups is 1. The number of hydrogen-bond acceptors (Lipinski definition) is 7. The highest BCUT2D eigenvalue weighted by atomic mass is 32.2. The fourth-order valence-corrected chi connectivity index (χ4v) is 5.99. The zero-order chi connectivity index (χ0) is 26.6. The van der Waals surface area contributed by atoms with Crippen LogP contribution in [0.3, 0.4) is 0 Å². The molecular weight excluding hydrogens is 508 g/mol. The second kappa shape index (κ2) is 11.3. The summed E-state index contributed by atoms with van der Waals surface area (Å²) in [7, 11) is 3.32. The van der Waals surface area contributed by atoms with Crippen LogP contribution in [0.5, 0.6) is 5.75 Å². The third kappa shape index (κ3) is 5.93. The van der Waals surface area contributed by atoms with Gasteiger partial charge in [-0.3, -0.25) is 14.0 Å². The van der Waals surface area contributed by atoms with Crippen LogP contribution in [0.2, 0.25) is 0 Å². The average molecular weight is 539 g/mol. The molecule has 8 nitrogen and oxygen atoms in total. The highest BCUT2D eigenvalue weighted by molar-refractivity contribution is 7.92. The van der Waals surface area contributed by atoms with E-state index < -0.39 is 10.0 Å². The number of ether oxygens (including phenoxy) is 1. The summed E-state index contributed by atoms with van der Waals surface area (Å²) in [4.78, 5) is 22.2. The summed E-state index contributed by atoms with van der Waals surface area (Å²) in [6, 6.07) is 20.6. The molecule has 0 saturated heterocycles. The van der Waals surface area contributed by atoms with Crippen molar-refractivity contribution in [2.75, 3.05) is 50.5 Å². The Morgan fingerprint density at radius 1 is 0.946 bits per heavy atom. The van der Waals surface area contributed by atoms with Gasteiger partial charge in [0, 0.05) is 25.2 Å². The number of sulfonamides is 1. The maximum atomic E-state index is 13.6. The van der Waals surface area contributed by atoms with Gasteiger partial charge in [-0.15, -0.1) is 0 Å². The van der Waals surface area contributed by atoms with E-state index in [1.165, 1.54) is 34.8 Å². The third-order valence-corrected chi connectivity index (χ3v) is 8.79. The number of fused-ring (bicyclic) bond motifs is 1. The van der Waals surface area contributed by atoms with E-state index >= 15 is 0 Å². The molecule has 1 aromatic heterocycles. The van der Waals surface area contributed by atoms with Gasteiger partial charge in [-0.05, 0) is 75.6 Å². The average Bonchev–Trinajstić information content (AvgIpc) is 3.33. The van der Waals surface area contributed by atoms with Crippen molar-refractivity contribution in [1.29, 1.82) is 0 Å². The van der Waals surface area contributed by atoms with Gasteiger partial charge in [-0.2, -0.15) is 0 Å². The summed E-state index contributed by atoms with van der Waals surface area (Å²) in [5, 5.41) is 0.590. The van der Waals surface area contributed by atoms with Crippen molar-refractivity contribution >= 4 is 48.3 Å². The Bertz CT molecular complexity index is 1470. The second-order valence-electron chi connectivity index (χ2n) is 8.78.